The number of hydrogen-bond donors (Lipinski definition) is 3. The summed E-state index contributed by atoms with van der Waals surface area (Å²) in [5.74, 6) is 1.30. The van der Waals surface area contributed by atoms with E-state index in [0.717, 1.165) is 30.3 Å². The van der Waals surface area contributed by atoms with Crippen LogP contribution in [-0.2, 0) is 0 Å². The number of nitrogens with zero attached hydrogens (tertiary/aromatic N) is 3. The maximum absolute atomic E-state index is 12.3. The molecule has 3 N–H and O–H groups in total. The Morgan fingerprint density at radius 2 is 1.64 bits per heavy atom. The number of aryl methyl sites for hydroxylation is 1. The normalized spacial score (nSPS) is 10.6. The van der Waals surface area contributed by atoms with Gasteiger partial charge >= 0.3 is 12.6 Å². The standard InChI is InChI=1S/C23H26F2N6O2/c1-4-31(5-2)20-13-15(3)26-22(30-20)27-16-9-11-17(12-10-16)28-23(32)29-18-7-6-8-19(14-18)33-21(24)25/h6-14,21H,4-5H2,1-3H3,(H,26,27,30)(H2,28,29,32). The first kappa shape index (κ1) is 23.7. The maximum atomic E-state index is 12.3. The van der Waals surface area contributed by atoms with E-state index in [1.807, 2.05) is 13.0 Å². The lowest BCUT2D eigenvalue weighted by Crippen LogP contribution is -2.23. The Morgan fingerprint density at radius 1 is 0.970 bits per heavy atom. The summed E-state index contributed by atoms with van der Waals surface area (Å²) in [5, 5.41) is 8.44. The number of ether oxygens (including phenoxy) is 1. The summed E-state index contributed by atoms with van der Waals surface area (Å²) in [6, 6.07) is 14.2. The lowest BCUT2D eigenvalue weighted by atomic mass is 10.3. The molecule has 1 heterocycles. The van der Waals surface area contributed by atoms with Crippen LogP contribution in [0.3, 0.4) is 0 Å². The fraction of sp³-hybridized carbons (Fsp3) is 0.261. The van der Waals surface area contributed by atoms with Gasteiger partial charge in [0, 0.05) is 48.0 Å². The third-order valence-electron chi connectivity index (χ3n) is 4.64. The topological polar surface area (TPSA) is 91.4 Å². The molecule has 174 valence electrons. The molecule has 0 fully saturated rings. The number of carbonyl (C=O) groups is 1. The quantitative estimate of drug-likeness (QED) is 0.387. The van der Waals surface area contributed by atoms with Crippen molar-refractivity contribution in [2.45, 2.75) is 27.4 Å². The molecule has 0 saturated carbocycles. The smallest absolute Gasteiger partial charge is 0.387 e. The lowest BCUT2D eigenvalue weighted by Gasteiger charge is -2.20. The van der Waals surface area contributed by atoms with Gasteiger partial charge < -0.3 is 25.6 Å². The van der Waals surface area contributed by atoms with Crippen LogP contribution in [0.25, 0.3) is 0 Å². The molecule has 10 heteroatoms. The summed E-state index contributed by atoms with van der Waals surface area (Å²) in [4.78, 5) is 23.4. The fourth-order valence-electron chi connectivity index (χ4n) is 3.13. The van der Waals surface area contributed by atoms with Gasteiger partial charge in [0.05, 0.1) is 0 Å². The van der Waals surface area contributed by atoms with E-state index in [2.05, 4.69) is 49.4 Å². The van der Waals surface area contributed by atoms with Crippen LogP contribution in [0.5, 0.6) is 5.75 Å². The van der Waals surface area contributed by atoms with Gasteiger partial charge in [0.15, 0.2) is 0 Å². The zero-order chi connectivity index (χ0) is 23.8. The average molecular weight is 456 g/mol. The van der Waals surface area contributed by atoms with Crippen LogP contribution in [0.1, 0.15) is 19.5 Å². The Morgan fingerprint density at radius 3 is 2.30 bits per heavy atom. The van der Waals surface area contributed by atoms with Crippen LogP contribution in [0.15, 0.2) is 54.6 Å². The van der Waals surface area contributed by atoms with Crippen molar-refractivity contribution in [3.8, 4) is 5.75 Å². The predicted molar refractivity (Wildman–Crippen MR) is 126 cm³/mol. The van der Waals surface area contributed by atoms with Gasteiger partial charge in [0.1, 0.15) is 11.6 Å². The van der Waals surface area contributed by atoms with Gasteiger partial charge in [-0.05, 0) is 57.2 Å². The minimum atomic E-state index is -2.93. The van der Waals surface area contributed by atoms with Gasteiger partial charge in [-0.2, -0.15) is 13.8 Å². The molecule has 2 aromatic carbocycles. The van der Waals surface area contributed by atoms with E-state index >= 15 is 0 Å². The molecule has 0 saturated heterocycles. The number of urea groups is 1. The van der Waals surface area contributed by atoms with E-state index in [-0.39, 0.29) is 5.75 Å². The molecule has 0 aliphatic carbocycles. The Balaban J connectivity index is 1.61. The van der Waals surface area contributed by atoms with Crippen molar-refractivity contribution in [3.05, 3.63) is 60.3 Å². The first-order valence-corrected chi connectivity index (χ1v) is 10.5. The molecule has 0 radical (unpaired) electrons. The van der Waals surface area contributed by atoms with Gasteiger partial charge in [0.2, 0.25) is 5.95 Å². The Hall–Kier alpha value is -3.95. The first-order valence-electron chi connectivity index (χ1n) is 10.5. The number of anilines is 5. The highest BCUT2D eigenvalue weighted by molar-refractivity contribution is 5.99. The van der Waals surface area contributed by atoms with Crippen molar-refractivity contribution in [2.75, 3.05) is 33.9 Å². The summed E-state index contributed by atoms with van der Waals surface area (Å²) in [5.41, 5.74) is 2.48. The van der Waals surface area contributed by atoms with E-state index in [1.165, 1.54) is 18.2 Å². The molecule has 0 spiro atoms. The summed E-state index contributed by atoms with van der Waals surface area (Å²) in [7, 11) is 0. The summed E-state index contributed by atoms with van der Waals surface area (Å²) < 4.78 is 29.0. The first-order chi connectivity index (χ1) is 15.9. The number of amides is 2. The lowest BCUT2D eigenvalue weighted by molar-refractivity contribution is -0.0498. The number of hydrogen-bond acceptors (Lipinski definition) is 6. The van der Waals surface area contributed by atoms with E-state index in [4.69, 9.17) is 0 Å². The van der Waals surface area contributed by atoms with E-state index in [1.54, 1.807) is 30.3 Å². The molecule has 8 nitrogen and oxygen atoms in total. The number of aromatic nitrogens is 2. The molecule has 2 amide bonds. The van der Waals surface area contributed by atoms with Gasteiger partial charge in [-0.3, -0.25) is 0 Å². The number of benzene rings is 2. The second-order valence-electron chi connectivity index (χ2n) is 7.05. The molecule has 0 aliphatic rings. The molecule has 3 aromatic rings. The molecular weight excluding hydrogens is 430 g/mol. The highest BCUT2D eigenvalue weighted by atomic mass is 19.3. The van der Waals surface area contributed by atoms with Crippen LogP contribution in [0, 0.1) is 6.92 Å². The van der Waals surface area contributed by atoms with E-state index in [0.29, 0.717) is 17.3 Å². The summed E-state index contributed by atoms with van der Waals surface area (Å²) >= 11 is 0. The Kier molecular flexibility index (Phi) is 7.96. The van der Waals surface area contributed by atoms with E-state index in [9.17, 15) is 13.6 Å². The number of carbonyl (C=O) groups excluding carboxylic acids is 1. The minimum Gasteiger partial charge on any atom is -0.435 e. The second-order valence-corrected chi connectivity index (χ2v) is 7.05. The number of alkyl halides is 2. The molecule has 0 unspecified atom stereocenters. The predicted octanol–water partition coefficient (Wildman–Crippen LogP) is 5.62. The van der Waals surface area contributed by atoms with Crippen LogP contribution in [-0.4, -0.2) is 35.7 Å². The number of nitrogens with one attached hydrogen (secondary N) is 3. The van der Waals surface area contributed by atoms with Crippen molar-refractivity contribution in [3.63, 3.8) is 0 Å². The van der Waals surface area contributed by atoms with E-state index < -0.39 is 12.6 Å². The van der Waals surface area contributed by atoms with Crippen molar-refractivity contribution in [2.24, 2.45) is 0 Å². The van der Waals surface area contributed by atoms with Crippen LogP contribution < -0.4 is 25.6 Å². The van der Waals surface area contributed by atoms with Gasteiger partial charge in [0.25, 0.3) is 0 Å². The zero-order valence-corrected chi connectivity index (χ0v) is 18.6. The largest absolute Gasteiger partial charge is 0.435 e. The van der Waals surface area contributed by atoms with Gasteiger partial charge in [-0.1, -0.05) is 6.07 Å². The molecule has 1 aromatic heterocycles. The molecule has 3 rings (SSSR count). The maximum Gasteiger partial charge on any atom is 0.387 e. The number of halogens is 2. The molecule has 0 atom stereocenters. The highest BCUT2D eigenvalue weighted by Crippen LogP contribution is 2.21. The molecular formula is C23H26F2N6O2. The van der Waals surface area contributed by atoms with Crippen LogP contribution in [0.4, 0.5) is 42.4 Å². The number of rotatable bonds is 9. The van der Waals surface area contributed by atoms with Crippen molar-refractivity contribution in [1.82, 2.24) is 9.97 Å². The highest BCUT2D eigenvalue weighted by Gasteiger charge is 2.09. The Bertz CT molecular complexity index is 1070. The second kappa shape index (κ2) is 11.1. The molecule has 33 heavy (non-hydrogen) atoms. The zero-order valence-electron chi connectivity index (χ0n) is 18.6. The van der Waals surface area contributed by atoms with Crippen LogP contribution in [0.2, 0.25) is 0 Å². The van der Waals surface area contributed by atoms with Crippen molar-refractivity contribution in [1.29, 1.82) is 0 Å². The van der Waals surface area contributed by atoms with Crippen molar-refractivity contribution >= 4 is 34.9 Å². The SMILES string of the molecule is CCN(CC)c1cc(C)nc(Nc2ccc(NC(=O)Nc3cccc(OC(F)F)c3)cc2)n1. The third kappa shape index (κ3) is 7.03. The van der Waals surface area contributed by atoms with Gasteiger partial charge in [-0.25, -0.2) is 9.78 Å². The van der Waals surface area contributed by atoms with Crippen molar-refractivity contribution < 1.29 is 18.3 Å². The molecule has 0 bridgehead atoms. The minimum absolute atomic E-state index is 0.0410. The fourth-order valence-corrected chi connectivity index (χ4v) is 3.13. The summed E-state index contributed by atoms with van der Waals surface area (Å²) in [6.45, 7) is 4.82. The van der Waals surface area contributed by atoms with Gasteiger partial charge in [-0.15, -0.1) is 0 Å². The summed E-state index contributed by atoms with van der Waals surface area (Å²) in [6.07, 6.45) is 0. The van der Waals surface area contributed by atoms with Crippen LogP contribution >= 0.6 is 0 Å². The average Bonchev–Trinajstić information content (AvgIpc) is 2.75. The molecule has 0 aliphatic heterocycles. The monoisotopic (exact) mass is 456 g/mol. The third-order valence-corrected chi connectivity index (χ3v) is 4.64. The Labute approximate surface area is 191 Å².